The Morgan fingerprint density at radius 2 is 2.05 bits per heavy atom. The van der Waals surface area contributed by atoms with Crippen LogP contribution in [-0.4, -0.2) is 28.9 Å². The van der Waals surface area contributed by atoms with Gasteiger partial charge in [-0.3, -0.25) is 14.5 Å². The lowest BCUT2D eigenvalue weighted by atomic mass is 9.94. The summed E-state index contributed by atoms with van der Waals surface area (Å²) in [5.41, 5.74) is -1.93. The molecule has 114 valence electrons. The third-order valence-electron chi connectivity index (χ3n) is 3.49. The second-order valence-electron chi connectivity index (χ2n) is 5.02. The zero-order chi connectivity index (χ0) is 15.8. The largest absolute Gasteiger partial charge is 0.433 e. The molecule has 1 aromatic rings. The highest BCUT2D eigenvalue weighted by Gasteiger charge is 2.42. The quantitative estimate of drug-likeness (QED) is 0.905. The van der Waals surface area contributed by atoms with E-state index >= 15 is 0 Å². The van der Waals surface area contributed by atoms with Gasteiger partial charge in [0.1, 0.15) is 17.8 Å². The third kappa shape index (κ3) is 2.84. The fourth-order valence-electron chi connectivity index (χ4n) is 2.08. The molecule has 2 heterocycles. The number of alkyl halides is 3. The van der Waals surface area contributed by atoms with Crippen molar-refractivity contribution in [3.63, 3.8) is 0 Å². The summed E-state index contributed by atoms with van der Waals surface area (Å²) in [6.45, 7) is 3.09. The standard InChI is InChI=1S/C13H14F3N3O2/c1-3-12(2)11(21)19(7-10(20)18-12)8-4-5-9(17-6-8)13(14,15)16/h4-6H,3,7H2,1-2H3,(H,18,20). The SMILES string of the molecule is CCC1(C)NC(=O)CN(c2ccc(C(F)(F)F)nc2)C1=O. The first kappa shape index (κ1) is 15.3. The van der Waals surface area contributed by atoms with Gasteiger partial charge >= 0.3 is 6.18 Å². The highest BCUT2D eigenvalue weighted by molar-refractivity contribution is 6.08. The Morgan fingerprint density at radius 3 is 2.52 bits per heavy atom. The molecular weight excluding hydrogens is 287 g/mol. The van der Waals surface area contributed by atoms with E-state index < -0.39 is 17.4 Å². The smallest absolute Gasteiger partial charge is 0.340 e. The molecule has 1 aliphatic rings. The van der Waals surface area contributed by atoms with Crippen LogP contribution in [0.25, 0.3) is 0 Å². The van der Waals surface area contributed by atoms with E-state index in [2.05, 4.69) is 10.3 Å². The summed E-state index contributed by atoms with van der Waals surface area (Å²) in [6.07, 6.45) is -3.21. The van der Waals surface area contributed by atoms with Crippen LogP contribution in [0.2, 0.25) is 0 Å². The van der Waals surface area contributed by atoms with Gasteiger partial charge in [-0.2, -0.15) is 13.2 Å². The van der Waals surface area contributed by atoms with Crippen molar-refractivity contribution >= 4 is 17.5 Å². The first-order chi connectivity index (χ1) is 9.67. The molecule has 0 radical (unpaired) electrons. The van der Waals surface area contributed by atoms with Crippen molar-refractivity contribution in [2.24, 2.45) is 0 Å². The average molecular weight is 301 g/mol. The van der Waals surface area contributed by atoms with Crippen LogP contribution in [0, 0.1) is 0 Å². The Hall–Kier alpha value is -2.12. The fraction of sp³-hybridized carbons (Fsp3) is 0.462. The number of pyridine rings is 1. The second kappa shape index (κ2) is 5.01. The average Bonchev–Trinajstić information content (AvgIpc) is 2.42. The number of hydrogen-bond donors (Lipinski definition) is 1. The summed E-state index contributed by atoms with van der Waals surface area (Å²) in [4.78, 5) is 28.5. The topological polar surface area (TPSA) is 62.3 Å². The molecule has 1 fully saturated rings. The number of piperazine rings is 1. The lowest BCUT2D eigenvalue weighted by Crippen LogP contribution is -2.65. The minimum Gasteiger partial charge on any atom is -0.340 e. The molecule has 0 bridgehead atoms. The number of nitrogens with zero attached hydrogens (tertiary/aromatic N) is 2. The third-order valence-corrected chi connectivity index (χ3v) is 3.49. The number of hydrogen-bond acceptors (Lipinski definition) is 3. The minimum atomic E-state index is -4.54. The normalized spacial score (nSPS) is 23.2. The van der Waals surface area contributed by atoms with Crippen molar-refractivity contribution in [1.29, 1.82) is 0 Å². The number of carbonyl (C=O) groups excluding carboxylic acids is 2. The van der Waals surface area contributed by atoms with Crippen LogP contribution in [-0.2, 0) is 15.8 Å². The number of halogens is 3. The predicted molar refractivity (Wildman–Crippen MR) is 68.4 cm³/mol. The molecule has 5 nitrogen and oxygen atoms in total. The first-order valence-electron chi connectivity index (χ1n) is 6.33. The van der Waals surface area contributed by atoms with Crippen molar-refractivity contribution in [3.8, 4) is 0 Å². The van der Waals surface area contributed by atoms with Gasteiger partial charge in [0.2, 0.25) is 5.91 Å². The molecule has 1 N–H and O–H groups in total. The molecule has 0 spiro atoms. The van der Waals surface area contributed by atoms with E-state index in [9.17, 15) is 22.8 Å². The number of anilines is 1. The number of rotatable bonds is 2. The van der Waals surface area contributed by atoms with E-state index in [1.807, 2.05) is 0 Å². The molecule has 2 rings (SSSR count). The van der Waals surface area contributed by atoms with E-state index in [4.69, 9.17) is 0 Å². The Kier molecular flexibility index (Phi) is 3.65. The maximum atomic E-state index is 12.5. The van der Waals surface area contributed by atoms with Gasteiger partial charge in [0.05, 0.1) is 11.9 Å². The Morgan fingerprint density at radius 1 is 1.38 bits per heavy atom. The zero-order valence-electron chi connectivity index (χ0n) is 11.5. The molecule has 2 amide bonds. The van der Waals surface area contributed by atoms with E-state index in [1.54, 1.807) is 13.8 Å². The molecule has 1 unspecified atom stereocenters. The summed E-state index contributed by atoms with van der Waals surface area (Å²) >= 11 is 0. The van der Waals surface area contributed by atoms with Crippen molar-refractivity contribution in [2.75, 3.05) is 11.4 Å². The monoisotopic (exact) mass is 301 g/mol. The molecule has 1 saturated heterocycles. The van der Waals surface area contributed by atoms with Crippen LogP contribution >= 0.6 is 0 Å². The van der Waals surface area contributed by atoms with Crippen LogP contribution in [0.1, 0.15) is 26.0 Å². The summed E-state index contributed by atoms with van der Waals surface area (Å²) in [6, 6.07) is 1.93. The summed E-state index contributed by atoms with van der Waals surface area (Å²) in [5, 5.41) is 2.60. The van der Waals surface area contributed by atoms with Gasteiger partial charge in [0.25, 0.3) is 5.91 Å². The summed E-state index contributed by atoms with van der Waals surface area (Å²) < 4.78 is 37.4. The van der Waals surface area contributed by atoms with Gasteiger partial charge in [0.15, 0.2) is 0 Å². The van der Waals surface area contributed by atoms with Gasteiger partial charge in [-0.1, -0.05) is 6.92 Å². The molecule has 0 aliphatic carbocycles. The molecule has 8 heteroatoms. The second-order valence-corrected chi connectivity index (χ2v) is 5.02. The number of nitrogens with one attached hydrogen (secondary N) is 1. The fourth-order valence-corrected chi connectivity index (χ4v) is 2.08. The maximum Gasteiger partial charge on any atom is 0.433 e. The van der Waals surface area contributed by atoms with Crippen LogP contribution in [0.15, 0.2) is 18.3 Å². The van der Waals surface area contributed by atoms with Gasteiger partial charge in [-0.15, -0.1) is 0 Å². The van der Waals surface area contributed by atoms with Gasteiger partial charge in [-0.25, -0.2) is 4.98 Å². The highest BCUT2D eigenvalue weighted by Crippen LogP contribution is 2.29. The van der Waals surface area contributed by atoms with Gasteiger partial charge in [0, 0.05) is 0 Å². The van der Waals surface area contributed by atoms with Crippen molar-refractivity contribution < 1.29 is 22.8 Å². The summed E-state index contributed by atoms with van der Waals surface area (Å²) in [5.74, 6) is -0.731. The minimum absolute atomic E-state index is 0.169. The van der Waals surface area contributed by atoms with E-state index in [0.717, 1.165) is 23.2 Å². The molecule has 0 aromatic carbocycles. The van der Waals surface area contributed by atoms with Crippen molar-refractivity contribution in [3.05, 3.63) is 24.0 Å². The zero-order valence-corrected chi connectivity index (χ0v) is 11.5. The lowest BCUT2D eigenvalue weighted by Gasteiger charge is -2.39. The van der Waals surface area contributed by atoms with E-state index in [-0.39, 0.29) is 24.0 Å². The van der Waals surface area contributed by atoms with Gasteiger partial charge in [-0.05, 0) is 25.5 Å². The van der Waals surface area contributed by atoms with Crippen LogP contribution < -0.4 is 10.2 Å². The molecular formula is C13H14F3N3O2. The first-order valence-corrected chi connectivity index (χ1v) is 6.33. The Bertz CT molecular complexity index is 571. The molecule has 0 saturated carbocycles. The van der Waals surface area contributed by atoms with Crippen molar-refractivity contribution in [2.45, 2.75) is 32.0 Å². The van der Waals surface area contributed by atoms with E-state index in [1.165, 1.54) is 0 Å². The number of aromatic nitrogens is 1. The number of amides is 2. The molecule has 1 aromatic heterocycles. The number of carbonyl (C=O) groups is 2. The van der Waals surface area contributed by atoms with Crippen molar-refractivity contribution in [1.82, 2.24) is 10.3 Å². The molecule has 1 atom stereocenters. The predicted octanol–water partition coefficient (Wildman–Crippen LogP) is 1.73. The van der Waals surface area contributed by atoms with Gasteiger partial charge < -0.3 is 5.32 Å². The van der Waals surface area contributed by atoms with Crippen LogP contribution in [0.3, 0.4) is 0 Å². The highest BCUT2D eigenvalue weighted by atomic mass is 19.4. The van der Waals surface area contributed by atoms with Crippen LogP contribution in [0.4, 0.5) is 18.9 Å². The van der Waals surface area contributed by atoms with E-state index in [0.29, 0.717) is 6.42 Å². The molecule has 1 aliphatic heterocycles. The Balaban J connectivity index is 2.32. The van der Waals surface area contributed by atoms with Crippen LogP contribution in [0.5, 0.6) is 0 Å². The Labute approximate surface area is 119 Å². The summed E-state index contributed by atoms with van der Waals surface area (Å²) in [7, 11) is 0. The lowest BCUT2D eigenvalue weighted by molar-refractivity contribution is -0.141. The molecule has 21 heavy (non-hydrogen) atoms. The maximum absolute atomic E-state index is 12.5.